The molecular formula is C18H15FN4O2S. The van der Waals surface area contributed by atoms with Crippen molar-refractivity contribution in [3.05, 3.63) is 76.0 Å². The highest BCUT2D eigenvalue weighted by molar-refractivity contribution is 7.15. The molecule has 2 aromatic carbocycles. The first-order valence-corrected chi connectivity index (χ1v) is 8.66. The van der Waals surface area contributed by atoms with Crippen LogP contribution in [0.4, 0.5) is 10.1 Å². The molecule has 3 rings (SSSR count). The van der Waals surface area contributed by atoms with Gasteiger partial charge in [0.25, 0.3) is 11.8 Å². The summed E-state index contributed by atoms with van der Waals surface area (Å²) >= 11 is 0.897. The van der Waals surface area contributed by atoms with Crippen molar-refractivity contribution in [3.8, 4) is 0 Å². The van der Waals surface area contributed by atoms with E-state index in [4.69, 9.17) is 0 Å². The third-order valence-corrected chi connectivity index (χ3v) is 4.38. The Labute approximate surface area is 153 Å². The quantitative estimate of drug-likeness (QED) is 0.699. The zero-order chi connectivity index (χ0) is 18.4. The number of carbonyl (C=O) groups excluding carboxylic acids is 2. The Balaban J connectivity index is 1.53. The average molecular weight is 370 g/mol. The van der Waals surface area contributed by atoms with E-state index in [9.17, 15) is 14.0 Å². The molecule has 1 aromatic heterocycles. The minimum Gasteiger partial charge on any atom is -0.350 e. The molecule has 6 nitrogen and oxygen atoms in total. The number of amides is 2. The number of hydrogen-bond donors (Lipinski definition) is 2. The monoisotopic (exact) mass is 370 g/mol. The lowest BCUT2D eigenvalue weighted by molar-refractivity contribution is 0.0951. The summed E-state index contributed by atoms with van der Waals surface area (Å²) in [5.41, 5.74) is 1.55. The van der Waals surface area contributed by atoms with Gasteiger partial charge in [0.15, 0.2) is 0 Å². The van der Waals surface area contributed by atoms with Gasteiger partial charge in [-0.3, -0.25) is 9.59 Å². The highest BCUT2D eigenvalue weighted by Gasteiger charge is 2.17. The van der Waals surface area contributed by atoms with Crippen LogP contribution in [-0.2, 0) is 6.42 Å². The number of carbonyl (C=O) groups is 2. The standard InChI is InChI=1S/C18H15FN4O2S/c19-13-6-8-14(9-7-13)21-16(25)18-23-22-17(26-18)15(24)20-11-10-12-4-2-1-3-5-12/h1-9H,10-11H2,(H,20,24)(H,21,25). The maximum atomic E-state index is 12.9. The van der Waals surface area contributed by atoms with E-state index in [0.29, 0.717) is 18.7 Å². The summed E-state index contributed by atoms with van der Waals surface area (Å²) in [6.45, 7) is 0.458. The fourth-order valence-corrected chi connectivity index (χ4v) is 2.82. The summed E-state index contributed by atoms with van der Waals surface area (Å²) in [4.78, 5) is 24.2. The lowest BCUT2D eigenvalue weighted by atomic mass is 10.1. The molecular weight excluding hydrogens is 355 g/mol. The maximum Gasteiger partial charge on any atom is 0.286 e. The van der Waals surface area contributed by atoms with Crippen molar-refractivity contribution in [2.45, 2.75) is 6.42 Å². The molecule has 0 bridgehead atoms. The number of rotatable bonds is 6. The molecule has 132 valence electrons. The van der Waals surface area contributed by atoms with Gasteiger partial charge in [-0.1, -0.05) is 41.7 Å². The van der Waals surface area contributed by atoms with Gasteiger partial charge in [0.05, 0.1) is 0 Å². The van der Waals surface area contributed by atoms with Crippen LogP contribution in [0.15, 0.2) is 54.6 Å². The molecule has 1 heterocycles. The van der Waals surface area contributed by atoms with Gasteiger partial charge in [-0.2, -0.15) is 0 Å². The summed E-state index contributed by atoms with van der Waals surface area (Å²) < 4.78 is 12.9. The third kappa shape index (κ3) is 4.70. The van der Waals surface area contributed by atoms with Crippen molar-refractivity contribution in [2.75, 3.05) is 11.9 Å². The van der Waals surface area contributed by atoms with Gasteiger partial charge >= 0.3 is 0 Å². The Hall–Kier alpha value is -3.13. The molecule has 26 heavy (non-hydrogen) atoms. The van der Waals surface area contributed by atoms with E-state index in [-0.39, 0.29) is 15.9 Å². The number of anilines is 1. The SMILES string of the molecule is O=C(NCCc1ccccc1)c1nnc(C(=O)Nc2ccc(F)cc2)s1. The second kappa shape index (κ2) is 8.30. The number of hydrogen-bond acceptors (Lipinski definition) is 5. The first-order valence-electron chi connectivity index (χ1n) is 7.84. The van der Waals surface area contributed by atoms with Crippen LogP contribution >= 0.6 is 11.3 Å². The van der Waals surface area contributed by atoms with Gasteiger partial charge < -0.3 is 10.6 Å². The van der Waals surface area contributed by atoms with Crippen molar-refractivity contribution in [1.29, 1.82) is 0 Å². The second-order valence-electron chi connectivity index (χ2n) is 5.36. The first-order chi connectivity index (χ1) is 12.6. The van der Waals surface area contributed by atoms with Gasteiger partial charge in [0.2, 0.25) is 10.0 Å². The molecule has 8 heteroatoms. The number of halogens is 1. The van der Waals surface area contributed by atoms with Crippen LogP contribution in [0.1, 0.15) is 25.2 Å². The molecule has 0 atom stereocenters. The lowest BCUT2D eigenvalue weighted by Crippen LogP contribution is -2.25. The Morgan fingerprint density at radius 3 is 2.27 bits per heavy atom. The fourth-order valence-electron chi connectivity index (χ4n) is 2.17. The highest BCUT2D eigenvalue weighted by atomic mass is 32.1. The largest absolute Gasteiger partial charge is 0.350 e. The van der Waals surface area contributed by atoms with E-state index < -0.39 is 11.7 Å². The van der Waals surface area contributed by atoms with Crippen molar-refractivity contribution >= 4 is 28.8 Å². The molecule has 0 fully saturated rings. The Morgan fingerprint density at radius 1 is 0.923 bits per heavy atom. The lowest BCUT2D eigenvalue weighted by Gasteiger charge is -2.03. The normalized spacial score (nSPS) is 10.3. The van der Waals surface area contributed by atoms with Crippen LogP contribution in [0.2, 0.25) is 0 Å². The van der Waals surface area contributed by atoms with Crippen molar-refractivity contribution in [2.24, 2.45) is 0 Å². The van der Waals surface area contributed by atoms with E-state index in [1.807, 2.05) is 30.3 Å². The fraction of sp³-hybridized carbons (Fsp3) is 0.111. The molecule has 2 N–H and O–H groups in total. The molecule has 0 saturated heterocycles. The number of benzene rings is 2. The molecule has 0 aliphatic heterocycles. The smallest absolute Gasteiger partial charge is 0.286 e. The van der Waals surface area contributed by atoms with Crippen molar-refractivity contribution in [1.82, 2.24) is 15.5 Å². The maximum absolute atomic E-state index is 12.9. The Bertz CT molecular complexity index is 897. The minimum atomic E-state index is -0.502. The molecule has 3 aromatic rings. The zero-order valence-corrected chi connectivity index (χ0v) is 14.4. The van der Waals surface area contributed by atoms with Gasteiger partial charge in [0, 0.05) is 12.2 Å². The van der Waals surface area contributed by atoms with Crippen LogP contribution in [0.5, 0.6) is 0 Å². The predicted octanol–water partition coefficient (Wildman–Crippen LogP) is 2.90. The third-order valence-electron chi connectivity index (χ3n) is 3.46. The van der Waals surface area contributed by atoms with Crippen LogP contribution in [0.3, 0.4) is 0 Å². The molecule has 0 spiro atoms. The van der Waals surface area contributed by atoms with E-state index in [1.165, 1.54) is 24.3 Å². The van der Waals surface area contributed by atoms with E-state index in [0.717, 1.165) is 16.9 Å². The summed E-state index contributed by atoms with van der Waals surface area (Å²) in [7, 11) is 0. The van der Waals surface area contributed by atoms with Gasteiger partial charge in [-0.05, 0) is 36.2 Å². The molecule has 0 radical (unpaired) electrons. The molecule has 0 aliphatic carbocycles. The first kappa shape index (κ1) is 17.7. The molecule has 0 aliphatic rings. The Morgan fingerprint density at radius 2 is 1.58 bits per heavy atom. The van der Waals surface area contributed by atoms with E-state index in [2.05, 4.69) is 20.8 Å². The van der Waals surface area contributed by atoms with Crippen molar-refractivity contribution < 1.29 is 14.0 Å². The van der Waals surface area contributed by atoms with Gasteiger partial charge in [-0.15, -0.1) is 10.2 Å². The highest BCUT2D eigenvalue weighted by Crippen LogP contribution is 2.14. The topological polar surface area (TPSA) is 84.0 Å². The van der Waals surface area contributed by atoms with Crippen LogP contribution < -0.4 is 10.6 Å². The number of nitrogens with zero attached hydrogens (tertiary/aromatic N) is 2. The Kier molecular flexibility index (Phi) is 5.65. The van der Waals surface area contributed by atoms with Crippen LogP contribution in [0.25, 0.3) is 0 Å². The molecule has 0 saturated carbocycles. The van der Waals surface area contributed by atoms with Crippen LogP contribution in [-0.4, -0.2) is 28.6 Å². The number of aromatic nitrogens is 2. The second-order valence-corrected chi connectivity index (χ2v) is 6.34. The van der Waals surface area contributed by atoms with Gasteiger partial charge in [0.1, 0.15) is 5.82 Å². The molecule has 0 unspecified atom stereocenters. The predicted molar refractivity (Wildman–Crippen MR) is 96.7 cm³/mol. The summed E-state index contributed by atoms with van der Waals surface area (Å²) in [5, 5.41) is 13.0. The average Bonchev–Trinajstić information content (AvgIpc) is 3.15. The van der Waals surface area contributed by atoms with E-state index >= 15 is 0 Å². The summed E-state index contributed by atoms with van der Waals surface area (Å²) in [6.07, 6.45) is 0.698. The van der Waals surface area contributed by atoms with Gasteiger partial charge in [-0.25, -0.2) is 4.39 Å². The van der Waals surface area contributed by atoms with Crippen LogP contribution in [0, 0.1) is 5.82 Å². The molecule has 2 amide bonds. The summed E-state index contributed by atoms with van der Waals surface area (Å²) in [6, 6.07) is 15.1. The number of nitrogens with one attached hydrogen (secondary N) is 2. The van der Waals surface area contributed by atoms with E-state index in [1.54, 1.807) is 0 Å². The van der Waals surface area contributed by atoms with Crippen molar-refractivity contribution in [3.63, 3.8) is 0 Å². The summed E-state index contributed by atoms with van der Waals surface area (Å²) in [5.74, 6) is -1.27. The minimum absolute atomic E-state index is 0.0579. The zero-order valence-electron chi connectivity index (χ0n) is 13.6.